The molecule has 2 aromatic carbocycles. The number of nitrogens with one attached hydrogen (secondary N) is 3. The monoisotopic (exact) mass is 559 g/mol. The third-order valence-electron chi connectivity index (χ3n) is 6.77. The van der Waals surface area contributed by atoms with Crippen molar-refractivity contribution < 1.29 is 27.2 Å². The van der Waals surface area contributed by atoms with E-state index in [1.165, 1.54) is 37.3 Å². The Labute approximate surface area is 227 Å². The Kier molecular flexibility index (Phi) is 9.55. The Bertz CT molecular complexity index is 1310. The van der Waals surface area contributed by atoms with E-state index in [1.54, 1.807) is 6.92 Å². The van der Waals surface area contributed by atoms with Crippen LogP contribution in [0, 0.1) is 24.8 Å². The van der Waals surface area contributed by atoms with Gasteiger partial charge in [-0.25, -0.2) is 4.85 Å². The summed E-state index contributed by atoms with van der Waals surface area (Å²) in [5.74, 6) is -1.40. The molecule has 12 heteroatoms. The zero-order valence-corrected chi connectivity index (χ0v) is 23.9. The van der Waals surface area contributed by atoms with Crippen LogP contribution < -0.4 is 16.2 Å². The average molecular weight is 560 g/mol. The fourth-order valence-electron chi connectivity index (χ4n) is 3.54. The minimum absolute atomic E-state index is 0.000949. The average Bonchev–Trinajstić information content (AvgIpc) is 2.84. The summed E-state index contributed by atoms with van der Waals surface area (Å²) in [6, 6.07) is 8.82. The van der Waals surface area contributed by atoms with Crippen molar-refractivity contribution in [3.8, 4) is 6.07 Å². The van der Waals surface area contributed by atoms with Crippen molar-refractivity contribution in [3.05, 3.63) is 70.1 Å². The SMILES string of the molecule is [C-]#[N+]c1ccc(N[C@@H](C(=O)NNC(=O)c2ccc(C#N)cc2)[C@H](C)O[Si](C)(C)C(C)(C)C)c(C)c1C(F)(F)F. The van der Waals surface area contributed by atoms with Gasteiger partial charge in [0, 0.05) is 11.3 Å². The third-order valence-corrected chi connectivity index (χ3v) is 11.3. The summed E-state index contributed by atoms with van der Waals surface area (Å²) < 4.78 is 47.7. The summed E-state index contributed by atoms with van der Waals surface area (Å²) in [7, 11) is -2.42. The number of carbonyl (C=O) groups is 2. The maximum atomic E-state index is 13.8. The molecule has 0 aromatic heterocycles. The molecule has 0 aliphatic carbocycles. The van der Waals surface area contributed by atoms with Gasteiger partial charge < -0.3 is 9.74 Å². The van der Waals surface area contributed by atoms with Gasteiger partial charge >= 0.3 is 6.18 Å². The molecule has 8 nitrogen and oxygen atoms in total. The van der Waals surface area contributed by atoms with Gasteiger partial charge in [0.15, 0.2) is 14.0 Å². The van der Waals surface area contributed by atoms with E-state index in [2.05, 4.69) is 21.0 Å². The molecule has 208 valence electrons. The van der Waals surface area contributed by atoms with Crippen molar-refractivity contribution in [3.63, 3.8) is 0 Å². The number of amides is 2. The molecule has 2 rings (SSSR count). The predicted octanol–water partition coefficient (Wildman–Crippen LogP) is 6.09. The van der Waals surface area contributed by atoms with E-state index in [0.717, 1.165) is 6.07 Å². The smallest absolute Gasteiger partial charge is 0.407 e. The van der Waals surface area contributed by atoms with Crippen LogP contribution in [0.5, 0.6) is 0 Å². The molecular weight excluding hydrogens is 527 g/mol. The van der Waals surface area contributed by atoms with Crippen LogP contribution in [0.25, 0.3) is 4.85 Å². The van der Waals surface area contributed by atoms with Gasteiger partial charge in [-0.1, -0.05) is 26.8 Å². The zero-order chi connectivity index (χ0) is 29.8. The first-order valence-electron chi connectivity index (χ1n) is 12.1. The number of hydrogen-bond acceptors (Lipinski definition) is 5. The standard InChI is InChI=1S/C27H32F3N5O3Si/c1-16-20(13-14-21(32-6)22(16)27(28,29)30)33-23(17(2)38-39(7,8)26(3,4)5)25(37)35-34-24(36)19-11-9-18(15-31)10-12-19/h9-14,17,23,33H,1-5,7-8H3,(H,34,36)(H,35,37)/t17-,23+/m0/s1. The quantitative estimate of drug-likeness (QED) is 0.216. The topological polar surface area (TPSA) is 108 Å². The fourth-order valence-corrected chi connectivity index (χ4v) is 4.96. The summed E-state index contributed by atoms with van der Waals surface area (Å²) in [4.78, 5) is 28.8. The van der Waals surface area contributed by atoms with Crippen LogP contribution in [0.1, 0.15) is 54.7 Å². The maximum Gasteiger partial charge on any atom is 0.407 e. The second-order valence-electron chi connectivity index (χ2n) is 10.6. The van der Waals surface area contributed by atoms with Crippen molar-refractivity contribution in [1.82, 2.24) is 10.9 Å². The van der Waals surface area contributed by atoms with Crippen LogP contribution in [-0.2, 0) is 15.4 Å². The molecule has 0 aliphatic heterocycles. The number of alkyl halides is 3. The lowest BCUT2D eigenvalue weighted by atomic mass is 10.0. The van der Waals surface area contributed by atoms with E-state index < -0.39 is 49.7 Å². The molecule has 0 fully saturated rings. The van der Waals surface area contributed by atoms with Crippen LogP contribution in [-0.4, -0.2) is 32.3 Å². The number of nitriles is 1. The lowest BCUT2D eigenvalue weighted by Gasteiger charge is -2.40. The van der Waals surface area contributed by atoms with Crippen LogP contribution >= 0.6 is 0 Å². The van der Waals surface area contributed by atoms with Crippen molar-refractivity contribution in [2.45, 2.75) is 71.1 Å². The Morgan fingerprint density at radius 3 is 2.15 bits per heavy atom. The number of hydrogen-bond donors (Lipinski definition) is 3. The molecule has 0 saturated heterocycles. The van der Waals surface area contributed by atoms with Crippen LogP contribution in [0.2, 0.25) is 18.1 Å². The summed E-state index contributed by atoms with van der Waals surface area (Å²) >= 11 is 0. The first-order chi connectivity index (χ1) is 17.9. The van der Waals surface area contributed by atoms with Gasteiger partial charge in [0.05, 0.1) is 29.9 Å². The second-order valence-corrected chi connectivity index (χ2v) is 15.3. The molecule has 0 aliphatic rings. The third kappa shape index (κ3) is 7.59. The van der Waals surface area contributed by atoms with E-state index in [4.69, 9.17) is 16.3 Å². The molecule has 3 N–H and O–H groups in total. The van der Waals surface area contributed by atoms with Gasteiger partial charge in [-0.3, -0.25) is 20.4 Å². The summed E-state index contributed by atoms with van der Waals surface area (Å²) in [6.07, 6.45) is -5.59. The van der Waals surface area contributed by atoms with Gasteiger partial charge in [-0.15, -0.1) is 0 Å². The highest BCUT2D eigenvalue weighted by atomic mass is 28.4. The molecule has 2 aromatic rings. The van der Waals surface area contributed by atoms with E-state index in [1.807, 2.05) is 39.9 Å². The van der Waals surface area contributed by atoms with Crippen molar-refractivity contribution in [1.29, 1.82) is 5.26 Å². The molecule has 2 amide bonds. The molecule has 0 unspecified atom stereocenters. The van der Waals surface area contributed by atoms with Crippen LogP contribution in [0.3, 0.4) is 0 Å². The highest BCUT2D eigenvalue weighted by molar-refractivity contribution is 6.74. The fraction of sp³-hybridized carbons (Fsp3) is 0.407. The highest BCUT2D eigenvalue weighted by Gasteiger charge is 2.41. The number of halogens is 3. The van der Waals surface area contributed by atoms with Crippen LogP contribution in [0.4, 0.5) is 24.5 Å². The first kappa shape index (κ1) is 31.3. The molecule has 0 bridgehead atoms. The van der Waals surface area contributed by atoms with Crippen molar-refractivity contribution >= 4 is 31.5 Å². The zero-order valence-electron chi connectivity index (χ0n) is 22.9. The minimum Gasteiger partial charge on any atom is -0.412 e. The van der Waals surface area contributed by atoms with Gasteiger partial charge in [0.25, 0.3) is 11.8 Å². The predicted molar refractivity (Wildman–Crippen MR) is 144 cm³/mol. The van der Waals surface area contributed by atoms with E-state index in [0.29, 0.717) is 5.56 Å². The first-order valence-corrected chi connectivity index (χ1v) is 15.0. The lowest BCUT2D eigenvalue weighted by molar-refractivity contribution is -0.137. The van der Waals surface area contributed by atoms with E-state index in [9.17, 15) is 22.8 Å². The normalized spacial score (nSPS) is 13.4. The van der Waals surface area contributed by atoms with E-state index >= 15 is 0 Å². The highest BCUT2D eigenvalue weighted by Crippen LogP contribution is 2.42. The summed E-state index contributed by atoms with van der Waals surface area (Å²) in [5, 5.41) is 11.6. The Balaban J connectivity index is 2.40. The molecule has 2 atom stereocenters. The minimum atomic E-state index is -4.78. The Morgan fingerprint density at radius 2 is 1.67 bits per heavy atom. The second kappa shape index (κ2) is 11.9. The number of anilines is 1. The number of hydrazine groups is 1. The molecule has 0 saturated carbocycles. The van der Waals surface area contributed by atoms with Crippen molar-refractivity contribution in [2.75, 3.05) is 5.32 Å². The summed E-state index contributed by atoms with van der Waals surface area (Å²) in [6.45, 7) is 20.0. The van der Waals surface area contributed by atoms with E-state index in [-0.39, 0.29) is 21.9 Å². The molecule has 0 radical (unpaired) electrons. The van der Waals surface area contributed by atoms with Gasteiger partial charge in [0.1, 0.15) is 6.04 Å². The van der Waals surface area contributed by atoms with Crippen LogP contribution in [0.15, 0.2) is 36.4 Å². The number of nitrogens with zero attached hydrogens (tertiary/aromatic N) is 2. The summed E-state index contributed by atoms with van der Waals surface area (Å²) in [5.41, 5.74) is 3.28. The number of benzene rings is 2. The van der Waals surface area contributed by atoms with Gasteiger partial charge in [-0.05, 0) is 67.9 Å². The molecule has 0 heterocycles. The number of rotatable bonds is 7. The van der Waals surface area contributed by atoms with Crippen molar-refractivity contribution in [2.24, 2.45) is 0 Å². The Hall–Kier alpha value is -3.87. The molecule has 39 heavy (non-hydrogen) atoms. The largest absolute Gasteiger partial charge is 0.412 e. The van der Waals surface area contributed by atoms with Gasteiger partial charge in [-0.2, -0.15) is 18.4 Å². The number of carbonyl (C=O) groups excluding carboxylic acids is 2. The van der Waals surface area contributed by atoms with Gasteiger partial charge in [0.2, 0.25) is 0 Å². The maximum absolute atomic E-state index is 13.8. The molecule has 0 spiro atoms. The Morgan fingerprint density at radius 1 is 1.08 bits per heavy atom. The lowest BCUT2D eigenvalue weighted by Crippen LogP contribution is -2.55. The molecular formula is C27H32F3N5O3Si.